The highest BCUT2D eigenvalue weighted by Gasteiger charge is 2.43. The molecular weight excluding hydrogens is 162 g/mol. The largest absolute Gasteiger partial charge is 0.521 e. The Hall–Kier alpha value is -0.203. The molecule has 0 radical (unpaired) electrons. The fourth-order valence-electron chi connectivity index (χ4n) is 0.803. The van der Waals surface area contributed by atoms with Crippen molar-refractivity contribution in [3.05, 3.63) is 12.7 Å². The molecule has 0 aromatic rings. The zero-order valence-corrected chi connectivity index (χ0v) is 8.16. The number of hydrogen-bond donors (Lipinski definition) is 1. The molecule has 0 aliphatic rings. The van der Waals surface area contributed by atoms with Gasteiger partial charge in [-0.05, 0) is 0 Å². The van der Waals surface area contributed by atoms with Crippen molar-refractivity contribution in [2.24, 2.45) is 5.73 Å². The van der Waals surface area contributed by atoms with E-state index in [-0.39, 0.29) is 5.67 Å². The molecular formula is C6H15NO3Si. The summed E-state index contributed by atoms with van der Waals surface area (Å²) in [4.78, 5) is 0. The van der Waals surface area contributed by atoms with Gasteiger partial charge in [-0.1, -0.05) is 6.08 Å². The van der Waals surface area contributed by atoms with Crippen LogP contribution in [0.25, 0.3) is 0 Å². The molecule has 4 nitrogen and oxygen atoms in total. The highest BCUT2D eigenvalue weighted by Crippen LogP contribution is 2.09. The SMILES string of the molecule is C=CC(N)[Si](OC)(OC)OC. The van der Waals surface area contributed by atoms with E-state index in [1.54, 1.807) is 6.08 Å². The predicted octanol–water partition coefficient (Wildman–Crippen LogP) is -0.0830. The molecule has 0 bridgehead atoms. The third-order valence-corrected chi connectivity index (χ3v) is 4.28. The van der Waals surface area contributed by atoms with Crippen LogP contribution in [-0.4, -0.2) is 35.8 Å². The minimum atomic E-state index is -2.66. The lowest BCUT2D eigenvalue weighted by atomic mass is 10.6. The normalized spacial score (nSPS) is 14.5. The van der Waals surface area contributed by atoms with Gasteiger partial charge in [0.25, 0.3) is 0 Å². The van der Waals surface area contributed by atoms with Crippen LogP contribution in [-0.2, 0) is 13.3 Å². The second kappa shape index (κ2) is 4.63. The summed E-state index contributed by atoms with van der Waals surface area (Å²) in [6.45, 7) is 3.54. The van der Waals surface area contributed by atoms with Gasteiger partial charge in [0.05, 0.1) is 5.67 Å². The molecule has 2 N–H and O–H groups in total. The number of hydrogen-bond acceptors (Lipinski definition) is 4. The van der Waals surface area contributed by atoms with Crippen LogP contribution < -0.4 is 5.73 Å². The Balaban J connectivity index is 4.38. The molecule has 0 saturated carbocycles. The zero-order valence-electron chi connectivity index (χ0n) is 7.16. The average molecular weight is 177 g/mol. The van der Waals surface area contributed by atoms with Gasteiger partial charge in [0, 0.05) is 21.3 Å². The van der Waals surface area contributed by atoms with Crippen LogP contribution >= 0.6 is 0 Å². The summed E-state index contributed by atoms with van der Waals surface area (Å²) in [5, 5.41) is 0. The third kappa shape index (κ3) is 2.11. The van der Waals surface area contributed by atoms with Crippen molar-refractivity contribution in [2.75, 3.05) is 21.3 Å². The molecule has 0 saturated heterocycles. The van der Waals surface area contributed by atoms with Gasteiger partial charge in [-0.2, -0.15) is 0 Å². The fraction of sp³-hybridized carbons (Fsp3) is 0.667. The lowest BCUT2D eigenvalue weighted by Crippen LogP contribution is -2.57. The highest BCUT2D eigenvalue weighted by molar-refractivity contribution is 6.62. The molecule has 0 amide bonds. The summed E-state index contributed by atoms with van der Waals surface area (Å²) >= 11 is 0. The number of nitrogens with two attached hydrogens (primary N) is 1. The maximum absolute atomic E-state index is 5.65. The van der Waals surface area contributed by atoms with Gasteiger partial charge in [-0.3, -0.25) is 0 Å². The first kappa shape index (κ1) is 10.8. The first-order valence-electron chi connectivity index (χ1n) is 3.20. The second-order valence-electron chi connectivity index (χ2n) is 1.98. The molecule has 1 unspecified atom stereocenters. The van der Waals surface area contributed by atoms with E-state index in [0.717, 1.165) is 0 Å². The minimum absolute atomic E-state index is 0.373. The Kier molecular flexibility index (Phi) is 4.54. The Morgan fingerprint density at radius 1 is 1.27 bits per heavy atom. The Morgan fingerprint density at radius 2 is 1.64 bits per heavy atom. The smallest absolute Gasteiger partial charge is 0.376 e. The van der Waals surface area contributed by atoms with Crippen molar-refractivity contribution in [3.8, 4) is 0 Å². The quantitative estimate of drug-likeness (QED) is 0.471. The van der Waals surface area contributed by atoms with E-state index >= 15 is 0 Å². The Labute approximate surface area is 68.3 Å². The van der Waals surface area contributed by atoms with Crippen LogP contribution in [0.1, 0.15) is 0 Å². The van der Waals surface area contributed by atoms with Gasteiger partial charge in [-0.25, -0.2) is 0 Å². The van der Waals surface area contributed by atoms with E-state index in [9.17, 15) is 0 Å². The molecule has 0 aliphatic heterocycles. The summed E-state index contributed by atoms with van der Waals surface area (Å²) in [7, 11) is 1.89. The van der Waals surface area contributed by atoms with Gasteiger partial charge >= 0.3 is 8.80 Å². The molecule has 0 aromatic carbocycles. The van der Waals surface area contributed by atoms with Gasteiger partial charge in [0.15, 0.2) is 0 Å². The van der Waals surface area contributed by atoms with Crippen LogP contribution in [0.15, 0.2) is 12.7 Å². The summed E-state index contributed by atoms with van der Waals surface area (Å²) in [6, 6.07) is 0. The molecule has 66 valence electrons. The Bertz CT molecular complexity index is 119. The predicted molar refractivity (Wildman–Crippen MR) is 45.0 cm³/mol. The fourth-order valence-corrected chi connectivity index (χ4v) is 2.41. The molecule has 11 heavy (non-hydrogen) atoms. The van der Waals surface area contributed by atoms with E-state index in [1.807, 2.05) is 0 Å². The van der Waals surface area contributed by atoms with Gasteiger partial charge < -0.3 is 19.0 Å². The molecule has 0 heterocycles. The molecule has 5 heteroatoms. The van der Waals surface area contributed by atoms with Crippen molar-refractivity contribution >= 4 is 8.80 Å². The van der Waals surface area contributed by atoms with E-state index in [4.69, 9.17) is 19.0 Å². The first-order valence-corrected chi connectivity index (χ1v) is 5.00. The average Bonchev–Trinajstić information content (AvgIpc) is 2.08. The van der Waals surface area contributed by atoms with E-state index in [0.29, 0.717) is 0 Å². The highest BCUT2D eigenvalue weighted by atomic mass is 28.4. The molecule has 0 rings (SSSR count). The van der Waals surface area contributed by atoms with Crippen LogP contribution in [0, 0.1) is 0 Å². The standard InChI is InChI=1S/C6H15NO3Si/c1-5-6(7)11(8-2,9-3)10-4/h5-6H,1,7H2,2-4H3. The van der Waals surface area contributed by atoms with E-state index < -0.39 is 8.80 Å². The maximum atomic E-state index is 5.65. The summed E-state index contributed by atoms with van der Waals surface area (Å²) in [6.07, 6.45) is 1.56. The summed E-state index contributed by atoms with van der Waals surface area (Å²) in [5.74, 6) is 0. The van der Waals surface area contributed by atoms with Gasteiger partial charge in [0.1, 0.15) is 0 Å². The summed E-state index contributed by atoms with van der Waals surface area (Å²) in [5.41, 5.74) is 5.28. The second-order valence-corrected chi connectivity index (χ2v) is 5.08. The van der Waals surface area contributed by atoms with Crippen LogP contribution in [0.2, 0.25) is 0 Å². The van der Waals surface area contributed by atoms with Crippen molar-refractivity contribution in [2.45, 2.75) is 5.67 Å². The monoisotopic (exact) mass is 177 g/mol. The van der Waals surface area contributed by atoms with Crippen molar-refractivity contribution in [1.29, 1.82) is 0 Å². The Morgan fingerprint density at radius 3 is 1.73 bits per heavy atom. The van der Waals surface area contributed by atoms with E-state index in [2.05, 4.69) is 6.58 Å². The maximum Gasteiger partial charge on any atom is 0.521 e. The first-order chi connectivity index (χ1) is 5.16. The van der Waals surface area contributed by atoms with Crippen LogP contribution in [0.3, 0.4) is 0 Å². The molecule has 0 spiro atoms. The number of rotatable bonds is 5. The molecule has 0 fully saturated rings. The molecule has 1 atom stereocenters. The van der Waals surface area contributed by atoms with Gasteiger partial charge in [-0.15, -0.1) is 6.58 Å². The minimum Gasteiger partial charge on any atom is -0.376 e. The molecule has 0 aromatic heterocycles. The third-order valence-electron chi connectivity index (χ3n) is 1.52. The summed E-state index contributed by atoms with van der Waals surface area (Å²) < 4.78 is 15.3. The molecule has 0 aliphatic carbocycles. The van der Waals surface area contributed by atoms with E-state index in [1.165, 1.54) is 21.3 Å². The van der Waals surface area contributed by atoms with Gasteiger partial charge in [0.2, 0.25) is 0 Å². The zero-order chi connectivity index (χ0) is 8.91. The lowest BCUT2D eigenvalue weighted by Gasteiger charge is -2.27. The lowest BCUT2D eigenvalue weighted by molar-refractivity contribution is 0.118. The van der Waals surface area contributed by atoms with Crippen LogP contribution in [0.5, 0.6) is 0 Å². The van der Waals surface area contributed by atoms with Crippen LogP contribution in [0.4, 0.5) is 0 Å². The van der Waals surface area contributed by atoms with Crippen molar-refractivity contribution in [1.82, 2.24) is 0 Å². The topological polar surface area (TPSA) is 53.7 Å². The van der Waals surface area contributed by atoms with Crippen molar-refractivity contribution < 1.29 is 13.3 Å². The van der Waals surface area contributed by atoms with Crippen molar-refractivity contribution in [3.63, 3.8) is 0 Å².